The molecule has 19 heavy (non-hydrogen) atoms. The molecule has 5 nitrogen and oxygen atoms in total. The first-order valence-corrected chi connectivity index (χ1v) is 6.20. The lowest BCUT2D eigenvalue weighted by molar-refractivity contribution is 0.102. The average molecular weight is 299 g/mol. The van der Waals surface area contributed by atoms with Gasteiger partial charge in [0.1, 0.15) is 0 Å². The summed E-state index contributed by atoms with van der Waals surface area (Å²) in [4.78, 5) is 12.0. The summed E-state index contributed by atoms with van der Waals surface area (Å²) in [5, 5.41) is 7.55. The summed E-state index contributed by atoms with van der Waals surface area (Å²) in [6, 6.07) is 3.28. The first-order chi connectivity index (χ1) is 8.88. The number of hydrogen-bond acceptors (Lipinski definition) is 3. The highest BCUT2D eigenvalue weighted by Gasteiger charge is 2.16. The summed E-state index contributed by atoms with van der Waals surface area (Å²) in [6.45, 7) is 1.83. The van der Waals surface area contributed by atoms with Gasteiger partial charge in [-0.3, -0.25) is 9.48 Å². The average Bonchev–Trinajstić information content (AvgIpc) is 2.65. The third kappa shape index (κ3) is 2.83. The molecule has 0 unspecified atom stereocenters. The molecule has 7 heteroatoms. The summed E-state index contributed by atoms with van der Waals surface area (Å²) in [7, 11) is 1.68. The number of nitrogen functional groups attached to an aromatic ring is 1. The first-order valence-electron chi connectivity index (χ1n) is 5.44. The Bertz CT molecular complexity index is 651. The molecule has 0 saturated heterocycles. The van der Waals surface area contributed by atoms with Crippen molar-refractivity contribution in [2.24, 2.45) is 7.05 Å². The fraction of sp³-hybridized carbons (Fsp3) is 0.167. The van der Waals surface area contributed by atoms with Gasteiger partial charge in [0.05, 0.1) is 16.4 Å². The third-order valence-corrected chi connectivity index (χ3v) is 3.29. The second kappa shape index (κ2) is 5.11. The smallest absolute Gasteiger partial charge is 0.278 e. The van der Waals surface area contributed by atoms with Gasteiger partial charge in [0.15, 0.2) is 5.69 Å². The van der Waals surface area contributed by atoms with Gasteiger partial charge in [-0.25, -0.2) is 0 Å². The van der Waals surface area contributed by atoms with Gasteiger partial charge >= 0.3 is 0 Å². The van der Waals surface area contributed by atoms with Crippen LogP contribution in [0.4, 0.5) is 11.4 Å². The van der Waals surface area contributed by atoms with Crippen molar-refractivity contribution >= 4 is 40.5 Å². The van der Waals surface area contributed by atoms with E-state index in [0.29, 0.717) is 21.4 Å². The number of nitrogens with one attached hydrogen (secondary N) is 1. The van der Waals surface area contributed by atoms with Gasteiger partial charge in [-0.15, -0.1) is 0 Å². The Hall–Kier alpha value is -1.72. The zero-order chi connectivity index (χ0) is 14.2. The standard InChI is InChI=1S/C12H12Cl2N4O/c1-6-3-8(14)10(4-7(6)13)16-12(19)11-9(15)5-18(2)17-11/h3-5H,15H2,1-2H3,(H,16,19). The van der Waals surface area contributed by atoms with E-state index >= 15 is 0 Å². The lowest BCUT2D eigenvalue weighted by Gasteiger charge is -2.08. The maximum absolute atomic E-state index is 12.0. The Labute approximate surface area is 120 Å². The molecule has 2 rings (SSSR count). The summed E-state index contributed by atoms with van der Waals surface area (Å²) in [5.41, 5.74) is 7.39. The molecule has 100 valence electrons. The SMILES string of the molecule is Cc1cc(Cl)c(NC(=O)c2nn(C)cc2N)cc1Cl. The number of rotatable bonds is 2. The minimum absolute atomic E-state index is 0.148. The number of anilines is 2. The van der Waals surface area contributed by atoms with E-state index in [9.17, 15) is 4.79 Å². The van der Waals surface area contributed by atoms with Crippen molar-refractivity contribution in [3.8, 4) is 0 Å². The predicted octanol–water partition coefficient (Wildman–Crippen LogP) is 2.87. The molecule has 0 spiro atoms. The van der Waals surface area contributed by atoms with Crippen LogP contribution in [0.25, 0.3) is 0 Å². The zero-order valence-electron chi connectivity index (χ0n) is 10.4. The lowest BCUT2D eigenvalue weighted by Crippen LogP contribution is -2.15. The highest BCUT2D eigenvalue weighted by atomic mass is 35.5. The summed E-state index contributed by atoms with van der Waals surface area (Å²) < 4.78 is 1.47. The first kappa shape index (κ1) is 13.7. The van der Waals surface area contributed by atoms with Crippen LogP contribution in [0.2, 0.25) is 10.0 Å². The fourth-order valence-electron chi connectivity index (χ4n) is 1.61. The molecule has 0 bridgehead atoms. The monoisotopic (exact) mass is 298 g/mol. The Kier molecular flexibility index (Phi) is 3.68. The highest BCUT2D eigenvalue weighted by Crippen LogP contribution is 2.29. The van der Waals surface area contributed by atoms with Crippen molar-refractivity contribution in [3.63, 3.8) is 0 Å². The second-order valence-corrected chi connectivity index (χ2v) is 4.96. The number of aromatic nitrogens is 2. The van der Waals surface area contributed by atoms with Gasteiger partial charge < -0.3 is 11.1 Å². The Morgan fingerprint density at radius 2 is 2.05 bits per heavy atom. The van der Waals surface area contributed by atoms with Crippen molar-refractivity contribution in [2.45, 2.75) is 6.92 Å². The molecule has 1 heterocycles. The molecule has 0 fully saturated rings. The van der Waals surface area contributed by atoms with E-state index < -0.39 is 5.91 Å². The number of carbonyl (C=O) groups excluding carboxylic acids is 1. The highest BCUT2D eigenvalue weighted by molar-refractivity contribution is 6.36. The van der Waals surface area contributed by atoms with E-state index in [0.717, 1.165) is 5.56 Å². The molecule has 0 aliphatic heterocycles. The van der Waals surface area contributed by atoms with Crippen molar-refractivity contribution in [3.05, 3.63) is 39.6 Å². The molecular weight excluding hydrogens is 287 g/mol. The number of halogens is 2. The van der Waals surface area contributed by atoms with Gasteiger partial charge in [-0.1, -0.05) is 23.2 Å². The molecule has 1 amide bonds. The Balaban J connectivity index is 2.29. The topological polar surface area (TPSA) is 72.9 Å². The Morgan fingerprint density at radius 1 is 1.37 bits per heavy atom. The van der Waals surface area contributed by atoms with Crippen LogP contribution in [0.5, 0.6) is 0 Å². The molecule has 0 atom stereocenters. The second-order valence-electron chi connectivity index (χ2n) is 4.14. The third-order valence-electron chi connectivity index (χ3n) is 2.57. The summed E-state index contributed by atoms with van der Waals surface area (Å²) in [6.07, 6.45) is 1.55. The number of aryl methyl sites for hydroxylation is 2. The number of carbonyl (C=O) groups is 1. The van der Waals surface area contributed by atoms with Gasteiger partial charge in [0.2, 0.25) is 0 Å². The molecule has 3 N–H and O–H groups in total. The minimum Gasteiger partial charge on any atom is -0.396 e. The number of hydrogen-bond donors (Lipinski definition) is 2. The van der Waals surface area contributed by atoms with Crippen LogP contribution in [0.1, 0.15) is 16.1 Å². The van der Waals surface area contributed by atoms with E-state index in [4.69, 9.17) is 28.9 Å². The molecule has 0 radical (unpaired) electrons. The van der Waals surface area contributed by atoms with Gasteiger partial charge in [0, 0.05) is 18.3 Å². The minimum atomic E-state index is -0.431. The number of amides is 1. The van der Waals surface area contributed by atoms with Crippen molar-refractivity contribution in [1.82, 2.24) is 9.78 Å². The quantitative estimate of drug-likeness (QED) is 0.895. The van der Waals surface area contributed by atoms with Crippen LogP contribution in [0.15, 0.2) is 18.3 Å². The molecule has 0 aliphatic rings. The maximum Gasteiger partial charge on any atom is 0.278 e. The van der Waals surface area contributed by atoms with Crippen molar-refractivity contribution in [1.29, 1.82) is 0 Å². The largest absolute Gasteiger partial charge is 0.396 e. The van der Waals surface area contributed by atoms with Crippen LogP contribution in [-0.2, 0) is 7.05 Å². The van der Waals surface area contributed by atoms with Crippen LogP contribution >= 0.6 is 23.2 Å². The van der Waals surface area contributed by atoms with Crippen molar-refractivity contribution in [2.75, 3.05) is 11.1 Å². The van der Waals surface area contributed by atoms with Crippen LogP contribution in [0.3, 0.4) is 0 Å². The normalized spacial score (nSPS) is 10.5. The van der Waals surface area contributed by atoms with Gasteiger partial charge in [0.25, 0.3) is 5.91 Å². The zero-order valence-corrected chi connectivity index (χ0v) is 11.9. The molecule has 0 aliphatic carbocycles. The molecule has 1 aromatic carbocycles. The predicted molar refractivity (Wildman–Crippen MR) is 76.8 cm³/mol. The maximum atomic E-state index is 12.0. The van der Waals surface area contributed by atoms with Crippen LogP contribution in [0, 0.1) is 6.92 Å². The number of nitrogens with zero attached hydrogens (tertiary/aromatic N) is 2. The van der Waals surface area contributed by atoms with E-state index in [1.165, 1.54) is 4.68 Å². The molecular formula is C12H12Cl2N4O. The number of nitrogens with two attached hydrogens (primary N) is 1. The van der Waals surface area contributed by atoms with E-state index in [1.54, 1.807) is 25.4 Å². The van der Waals surface area contributed by atoms with Crippen molar-refractivity contribution < 1.29 is 4.79 Å². The molecule has 2 aromatic rings. The van der Waals surface area contributed by atoms with E-state index in [-0.39, 0.29) is 5.69 Å². The fourth-order valence-corrected chi connectivity index (χ4v) is 2.04. The van der Waals surface area contributed by atoms with Gasteiger partial charge in [-0.05, 0) is 24.6 Å². The van der Waals surface area contributed by atoms with Gasteiger partial charge in [-0.2, -0.15) is 5.10 Å². The van der Waals surface area contributed by atoms with Crippen LogP contribution < -0.4 is 11.1 Å². The Morgan fingerprint density at radius 3 is 2.63 bits per heavy atom. The van der Waals surface area contributed by atoms with Crippen LogP contribution in [-0.4, -0.2) is 15.7 Å². The van der Waals surface area contributed by atoms with E-state index in [1.807, 2.05) is 6.92 Å². The molecule has 0 saturated carbocycles. The molecule has 1 aromatic heterocycles. The van der Waals surface area contributed by atoms with E-state index in [2.05, 4.69) is 10.4 Å². The summed E-state index contributed by atoms with van der Waals surface area (Å²) in [5.74, 6) is -0.431. The lowest BCUT2D eigenvalue weighted by atomic mass is 10.2. The summed E-state index contributed by atoms with van der Waals surface area (Å²) >= 11 is 12.0. The number of benzene rings is 1.